The standard InChI is InChI=1S/C18H26N2O3S/c1-17(2)14-8-9-18(17,16(21)10-14)12-24(22,23)20-11-15(19)13-6-4-3-5-7-13/h3-7,14-15,20H,8-12,19H2,1-2H3/t14?,15-,18?/m0/s1. The Kier molecular flexibility index (Phi) is 4.35. The van der Waals surface area contributed by atoms with E-state index >= 15 is 0 Å². The summed E-state index contributed by atoms with van der Waals surface area (Å²) in [6.07, 6.45) is 2.14. The number of Topliss-reactive ketones (excluding diaryl/α,β-unsaturated/α-hetero) is 1. The molecule has 132 valence electrons. The van der Waals surface area contributed by atoms with Gasteiger partial charge in [0, 0.05) is 24.4 Å². The van der Waals surface area contributed by atoms with Crippen molar-refractivity contribution in [2.45, 2.75) is 39.2 Å². The van der Waals surface area contributed by atoms with E-state index < -0.39 is 21.5 Å². The van der Waals surface area contributed by atoms with E-state index in [1.54, 1.807) is 0 Å². The van der Waals surface area contributed by atoms with Gasteiger partial charge in [-0.3, -0.25) is 4.79 Å². The van der Waals surface area contributed by atoms with Crippen LogP contribution in [0.3, 0.4) is 0 Å². The predicted molar refractivity (Wildman–Crippen MR) is 93.7 cm³/mol. The van der Waals surface area contributed by atoms with Crippen molar-refractivity contribution in [2.75, 3.05) is 12.3 Å². The highest BCUT2D eigenvalue weighted by Gasteiger charge is 2.65. The summed E-state index contributed by atoms with van der Waals surface area (Å²) in [4.78, 5) is 12.5. The number of nitrogens with two attached hydrogens (primary N) is 1. The monoisotopic (exact) mass is 350 g/mol. The van der Waals surface area contributed by atoms with Crippen molar-refractivity contribution >= 4 is 15.8 Å². The van der Waals surface area contributed by atoms with Crippen molar-refractivity contribution in [3.05, 3.63) is 35.9 Å². The topological polar surface area (TPSA) is 89.3 Å². The van der Waals surface area contributed by atoms with Gasteiger partial charge in [0.05, 0.1) is 5.75 Å². The molecule has 2 unspecified atom stereocenters. The molecule has 1 aromatic carbocycles. The van der Waals surface area contributed by atoms with Gasteiger partial charge in [0.1, 0.15) is 5.78 Å². The molecule has 0 aliphatic heterocycles. The second kappa shape index (κ2) is 5.93. The number of hydrogen-bond donors (Lipinski definition) is 2. The van der Waals surface area contributed by atoms with Gasteiger partial charge in [-0.15, -0.1) is 0 Å². The van der Waals surface area contributed by atoms with Crippen molar-refractivity contribution in [3.8, 4) is 0 Å². The minimum absolute atomic E-state index is 0.112. The third-order valence-corrected chi connectivity index (χ3v) is 7.81. The lowest BCUT2D eigenvalue weighted by molar-refractivity contribution is -0.128. The highest BCUT2D eigenvalue weighted by atomic mass is 32.2. The first kappa shape index (κ1) is 17.6. The summed E-state index contributed by atoms with van der Waals surface area (Å²) in [5.41, 5.74) is 5.97. The van der Waals surface area contributed by atoms with Crippen LogP contribution >= 0.6 is 0 Å². The molecule has 2 saturated carbocycles. The molecule has 0 saturated heterocycles. The van der Waals surface area contributed by atoms with Gasteiger partial charge in [0.15, 0.2) is 0 Å². The van der Waals surface area contributed by atoms with Crippen LogP contribution in [0.4, 0.5) is 0 Å². The Morgan fingerprint density at radius 2 is 1.96 bits per heavy atom. The Morgan fingerprint density at radius 3 is 2.50 bits per heavy atom. The van der Waals surface area contributed by atoms with E-state index in [-0.39, 0.29) is 23.5 Å². The molecule has 2 aliphatic carbocycles. The molecule has 1 aromatic rings. The normalized spacial score (nSPS) is 29.8. The summed E-state index contributed by atoms with van der Waals surface area (Å²) in [5.74, 6) is 0.303. The van der Waals surface area contributed by atoms with Crippen molar-refractivity contribution in [2.24, 2.45) is 22.5 Å². The van der Waals surface area contributed by atoms with Crippen LogP contribution in [0.25, 0.3) is 0 Å². The molecule has 3 N–H and O–H groups in total. The van der Waals surface area contributed by atoms with Crippen LogP contribution in [0.15, 0.2) is 30.3 Å². The van der Waals surface area contributed by atoms with Gasteiger partial charge in [-0.2, -0.15) is 0 Å². The average Bonchev–Trinajstić information content (AvgIpc) is 2.87. The molecular weight excluding hydrogens is 324 g/mol. The SMILES string of the molecule is CC1(C)C2CCC1(CS(=O)(=O)NC[C@H](N)c1ccccc1)C(=O)C2. The fourth-order valence-corrected chi connectivity index (χ4v) is 6.38. The molecule has 3 atom stereocenters. The number of hydrogen-bond acceptors (Lipinski definition) is 4. The van der Waals surface area contributed by atoms with Crippen LogP contribution in [0.2, 0.25) is 0 Å². The van der Waals surface area contributed by atoms with Gasteiger partial charge in [-0.25, -0.2) is 13.1 Å². The van der Waals surface area contributed by atoms with Crippen molar-refractivity contribution in [1.82, 2.24) is 4.72 Å². The van der Waals surface area contributed by atoms with Crippen LogP contribution in [0.5, 0.6) is 0 Å². The summed E-state index contributed by atoms with van der Waals surface area (Å²) < 4.78 is 27.9. The zero-order valence-electron chi connectivity index (χ0n) is 14.3. The number of sulfonamides is 1. The molecule has 6 heteroatoms. The maximum absolute atomic E-state index is 12.6. The number of carbonyl (C=O) groups excluding carboxylic acids is 1. The lowest BCUT2D eigenvalue weighted by atomic mass is 9.70. The highest BCUT2D eigenvalue weighted by Crippen LogP contribution is 2.64. The molecule has 0 aromatic heterocycles. The number of ketones is 1. The van der Waals surface area contributed by atoms with E-state index in [0.717, 1.165) is 12.0 Å². The molecule has 2 aliphatic rings. The maximum Gasteiger partial charge on any atom is 0.212 e. The van der Waals surface area contributed by atoms with Gasteiger partial charge in [0.25, 0.3) is 0 Å². The molecule has 3 rings (SSSR count). The molecule has 2 bridgehead atoms. The minimum atomic E-state index is -3.57. The van der Waals surface area contributed by atoms with Crippen LogP contribution in [-0.2, 0) is 14.8 Å². The molecule has 0 spiro atoms. The Balaban J connectivity index is 1.70. The molecule has 24 heavy (non-hydrogen) atoms. The van der Waals surface area contributed by atoms with Gasteiger partial charge in [0.2, 0.25) is 10.0 Å². The second-order valence-electron chi connectivity index (χ2n) is 7.79. The number of carbonyl (C=O) groups is 1. The van der Waals surface area contributed by atoms with E-state index in [1.807, 2.05) is 44.2 Å². The third kappa shape index (κ3) is 2.80. The predicted octanol–water partition coefficient (Wildman–Crippen LogP) is 2.00. The van der Waals surface area contributed by atoms with E-state index in [2.05, 4.69) is 4.72 Å². The van der Waals surface area contributed by atoms with Gasteiger partial charge in [-0.05, 0) is 29.7 Å². The zero-order valence-corrected chi connectivity index (χ0v) is 15.1. The van der Waals surface area contributed by atoms with E-state index in [4.69, 9.17) is 5.73 Å². The Labute approximate surface area is 144 Å². The first-order chi connectivity index (χ1) is 11.2. The summed E-state index contributed by atoms with van der Waals surface area (Å²) in [7, 11) is -3.57. The number of rotatable bonds is 6. The maximum atomic E-state index is 12.6. The van der Waals surface area contributed by atoms with E-state index in [9.17, 15) is 13.2 Å². The summed E-state index contributed by atoms with van der Waals surface area (Å²) >= 11 is 0. The number of fused-ring (bicyclic) bond motifs is 2. The van der Waals surface area contributed by atoms with Crippen LogP contribution in [-0.4, -0.2) is 26.5 Å². The Morgan fingerprint density at radius 1 is 1.29 bits per heavy atom. The van der Waals surface area contributed by atoms with Crippen LogP contribution in [0.1, 0.15) is 44.7 Å². The van der Waals surface area contributed by atoms with Gasteiger partial charge in [-0.1, -0.05) is 44.2 Å². The summed E-state index contributed by atoms with van der Waals surface area (Å²) in [6, 6.07) is 9.00. The Bertz CT molecular complexity index is 730. The van der Waals surface area contributed by atoms with Gasteiger partial charge < -0.3 is 5.73 Å². The molecule has 0 radical (unpaired) electrons. The fraction of sp³-hybridized carbons (Fsp3) is 0.611. The lowest BCUT2D eigenvalue weighted by Crippen LogP contribution is -2.46. The largest absolute Gasteiger partial charge is 0.323 e. The average molecular weight is 350 g/mol. The molecule has 2 fully saturated rings. The molecule has 0 heterocycles. The number of benzene rings is 1. The van der Waals surface area contributed by atoms with Crippen molar-refractivity contribution in [3.63, 3.8) is 0 Å². The first-order valence-corrected chi connectivity index (χ1v) is 10.1. The van der Waals surface area contributed by atoms with Crippen LogP contribution in [0, 0.1) is 16.7 Å². The smallest absolute Gasteiger partial charge is 0.212 e. The summed E-state index contributed by atoms with van der Waals surface area (Å²) in [5, 5.41) is 0. The molecular formula is C18H26N2O3S. The molecule has 5 nitrogen and oxygen atoms in total. The minimum Gasteiger partial charge on any atom is -0.323 e. The summed E-state index contributed by atoms with van der Waals surface area (Å²) in [6.45, 7) is 4.22. The second-order valence-corrected chi connectivity index (χ2v) is 9.60. The van der Waals surface area contributed by atoms with E-state index in [0.29, 0.717) is 18.8 Å². The quantitative estimate of drug-likeness (QED) is 0.821. The fourth-order valence-electron chi connectivity index (χ4n) is 4.52. The highest BCUT2D eigenvalue weighted by molar-refractivity contribution is 7.89. The van der Waals surface area contributed by atoms with Crippen molar-refractivity contribution < 1.29 is 13.2 Å². The zero-order chi connectivity index (χ0) is 17.6. The first-order valence-electron chi connectivity index (χ1n) is 8.49. The van der Waals surface area contributed by atoms with Gasteiger partial charge >= 0.3 is 0 Å². The third-order valence-electron chi connectivity index (χ3n) is 6.33. The van der Waals surface area contributed by atoms with Crippen LogP contribution < -0.4 is 10.5 Å². The lowest BCUT2D eigenvalue weighted by Gasteiger charge is -2.36. The number of nitrogens with one attached hydrogen (secondary N) is 1. The molecule has 0 amide bonds. The Hall–Kier alpha value is -1.24. The van der Waals surface area contributed by atoms with E-state index in [1.165, 1.54) is 0 Å². The van der Waals surface area contributed by atoms with Crippen molar-refractivity contribution in [1.29, 1.82) is 0 Å².